The highest BCUT2D eigenvalue weighted by Crippen LogP contribution is 2.17. The minimum Gasteiger partial charge on any atom is -0.294 e. The zero-order valence-corrected chi connectivity index (χ0v) is 11.0. The van der Waals surface area contributed by atoms with Crippen LogP contribution in [-0.2, 0) is 16.4 Å². The molecule has 90 valence electrons. The average Bonchev–Trinajstić information content (AvgIpc) is 2.66. The van der Waals surface area contributed by atoms with Crippen molar-refractivity contribution >= 4 is 27.1 Å². The molecule has 6 heteroatoms. The third-order valence-electron chi connectivity index (χ3n) is 2.08. The van der Waals surface area contributed by atoms with E-state index in [9.17, 15) is 13.2 Å². The first-order chi connectivity index (χ1) is 7.44. The number of rotatable bonds is 6. The lowest BCUT2D eigenvalue weighted by Crippen LogP contribution is -2.27. The molecule has 1 aromatic heterocycles. The summed E-state index contributed by atoms with van der Waals surface area (Å²) in [5, 5.41) is 0. The third-order valence-corrected chi connectivity index (χ3v) is 4.73. The van der Waals surface area contributed by atoms with Gasteiger partial charge in [-0.15, -0.1) is 11.3 Å². The lowest BCUT2D eigenvalue weighted by atomic mass is 10.3. The number of carbonyl (C=O) groups is 1. The van der Waals surface area contributed by atoms with E-state index in [4.69, 9.17) is 0 Å². The minimum atomic E-state index is -3.11. The summed E-state index contributed by atoms with van der Waals surface area (Å²) >= 11 is 1.41. The van der Waals surface area contributed by atoms with Crippen molar-refractivity contribution in [1.29, 1.82) is 0 Å². The quantitative estimate of drug-likeness (QED) is 0.788. The molecule has 1 aromatic rings. The fraction of sp³-hybridized carbons (Fsp3) is 0.500. The fourth-order valence-electron chi connectivity index (χ4n) is 1.13. The van der Waals surface area contributed by atoms with E-state index < -0.39 is 10.0 Å². The highest BCUT2D eigenvalue weighted by Gasteiger charge is 2.07. The zero-order valence-electron chi connectivity index (χ0n) is 9.32. The van der Waals surface area contributed by atoms with E-state index in [0.29, 0.717) is 17.8 Å². The molecule has 0 radical (unpaired) electrons. The summed E-state index contributed by atoms with van der Waals surface area (Å²) in [6.07, 6.45) is 0.622. The van der Waals surface area contributed by atoms with E-state index in [-0.39, 0.29) is 11.5 Å². The molecule has 0 saturated heterocycles. The van der Waals surface area contributed by atoms with Crippen LogP contribution in [0.5, 0.6) is 0 Å². The number of nitrogens with one attached hydrogen (secondary N) is 1. The second-order valence-electron chi connectivity index (χ2n) is 3.37. The van der Waals surface area contributed by atoms with Gasteiger partial charge in [-0.1, -0.05) is 0 Å². The van der Waals surface area contributed by atoms with Gasteiger partial charge in [0.2, 0.25) is 10.0 Å². The molecule has 0 saturated carbocycles. The summed E-state index contributed by atoms with van der Waals surface area (Å²) in [6, 6.07) is 3.64. The summed E-state index contributed by atoms with van der Waals surface area (Å²) in [6.45, 7) is 3.50. The van der Waals surface area contributed by atoms with Gasteiger partial charge in [0.15, 0.2) is 5.78 Å². The predicted octanol–water partition coefficient (Wildman–Crippen LogP) is 1.43. The average molecular weight is 261 g/mol. The minimum absolute atomic E-state index is 0.0467. The van der Waals surface area contributed by atoms with E-state index in [1.54, 1.807) is 13.0 Å². The molecule has 1 N–H and O–H groups in total. The third kappa shape index (κ3) is 4.03. The summed E-state index contributed by atoms with van der Waals surface area (Å²) in [5.41, 5.74) is 0. The Balaban J connectivity index is 2.46. The van der Waals surface area contributed by atoms with Gasteiger partial charge in [0, 0.05) is 11.4 Å². The van der Waals surface area contributed by atoms with Gasteiger partial charge in [0.1, 0.15) is 0 Å². The smallest absolute Gasteiger partial charge is 0.211 e. The second-order valence-corrected chi connectivity index (χ2v) is 6.63. The first-order valence-corrected chi connectivity index (χ1v) is 7.48. The lowest BCUT2D eigenvalue weighted by Gasteiger charge is -2.02. The molecule has 0 bridgehead atoms. The van der Waals surface area contributed by atoms with Crippen molar-refractivity contribution in [2.45, 2.75) is 20.3 Å². The van der Waals surface area contributed by atoms with E-state index in [1.807, 2.05) is 6.07 Å². The first-order valence-electron chi connectivity index (χ1n) is 5.01. The second kappa shape index (κ2) is 5.56. The summed E-state index contributed by atoms with van der Waals surface area (Å²) in [5.74, 6) is 0.140. The molecule has 0 atom stereocenters. The summed E-state index contributed by atoms with van der Waals surface area (Å²) < 4.78 is 24.8. The van der Waals surface area contributed by atoms with Gasteiger partial charge in [-0.25, -0.2) is 13.1 Å². The van der Waals surface area contributed by atoms with Crippen LogP contribution in [0.4, 0.5) is 0 Å². The van der Waals surface area contributed by atoms with Crippen LogP contribution in [0.15, 0.2) is 12.1 Å². The van der Waals surface area contributed by atoms with Gasteiger partial charge in [-0.05, 0) is 32.4 Å². The Labute approximate surface area is 99.7 Å². The molecule has 0 aliphatic carbocycles. The topological polar surface area (TPSA) is 63.2 Å². The largest absolute Gasteiger partial charge is 0.294 e. The Kier molecular flexibility index (Phi) is 4.64. The van der Waals surface area contributed by atoms with Crippen molar-refractivity contribution in [3.8, 4) is 0 Å². The maximum absolute atomic E-state index is 11.1. The maximum Gasteiger partial charge on any atom is 0.211 e. The number of sulfonamides is 1. The van der Waals surface area contributed by atoms with Gasteiger partial charge < -0.3 is 0 Å². The van der Waals surface area contributed by atoms with Crippen molar-refractivity contribution in [2.24, 2.45) is 0 Å². The van der Waals surface area contributed by atoms with Crippen LogP contribution in [0.25, 0.3) is 0 Å². The molecular weight excluding hydrogens is 246 g/mol. The van der Waals surface area contributed by atoms with E-state index >= 15 is 0 Å². The van der Waals surface area contributed by atoms with Crippen molar-refractivity contribution < 1.29 is 13.2 Å². The van der Waals surface area contributed by atoms with Gasteiger partial charge in [0.05, 0.1) is 10.6 Å². The normalized spacial score (nSPS) is 11.6. The number of hydrogen-bond donors (Lipinski definition) is 1. The van der Waals surface area contributed by atoms with Crippen LogP contribution >= 0.6 is 11.3 Å². The van der Waals surface area contributed by atoms with Gasteiger partial charge >= 0.3 is 0 Å². The lowest BCUT2D eigenvalue weighted by molar-refractivity contribution is 0.102. The van der Waals surface area contributed by atoms with Crippen LogP contribution in [0, 0.1) is 0 Å². The molecule has 0 amide bonds. The SMILES string of the molecule is CCS(=O)(=O)NCCc1ccc(C(C)=O)s1. The number of Topliss-reactive ketones (excluding diaryl/α,β-unsaturated/α-hetero) is 1. The Morgan fingerprint density at radius 2 is 2.12 bits per heavy atom. The number of hydrogen-bond acceptors (Lipinski definition) is 4. The molecular formula is C10H15NO3S2. The van der Waals surface area contributed by atoms with E-state index in [1.165, 1.54) is 18.3 Å². The number of ketones is 1. The number of thiophene rings is 1. The summed E-state index contributed by atoms with van der Waals surface area (Å²) in [4.78, 5) is 12.8. The first kappa shape index (κ1) is 13.3. The Morgan fingerprint density at radius 3 is 2.62 bits per heavy atom. The van der Waals surface area contributed by atoms with E-state index in [0.717, 1.165) is 4.88 Å². The molecule has 1 heterocycles. The summed E-state index contributed by atoms with van der Waals surface area (Å²) in [7, 11) is -3.11. The molecule has 16 heavy (non-hydrogen) atoms. The maximum atomic E-state index is 11.1. The van der Waals surface area contributed by atoms with Crippen molar-refractivity contribution in [2.75, 3.05) is 12.3 Å². The van der Waals surface area contributed by atoms with Crippen LogP contribution in [-0.4, -0.2) is 26.5 Å². The Morgan fingerprint density at radius 1 is 1.44 bits per heavy atom. The van der Waals surface area contributed by atoms with Gasteiger partial charge in [-0.3, -0.25) is 4.79 Å². The monoisotopic (exact) mass is 261 g/mol. The Bertz CT molecular complexity index is 462. The molecule has 0 aromatic carbocycles. The molecule has 1 rings (SSSR count). The molecule has 0 spiro atoms. The van der Waals surface area contributed by atoms with Crippen LogP contribution in [0.3, 0.4) is 0 Å². The molecule has 0 aliphatic heterocycles. The van der Waals surface area contributed by atoms with Crippen LogP contribution < -0.4 is 4.72 Å². The predicted molar refractivity (Wildman–Crippen MR) is 65.5 cm³/mol. The number of carbonyl (C=O) groups excluding carboxylic acids is 1. The van der Waals surface area contributed by atoms with Crippen LogP contribution in [0.1, 0.15) is 28.4 Å². The molecule has 4 nitrogen and oxygen atoms in total. The van der Waals surface area contributed by atoms with E-state index in [2.05, 4.69) is 4.72 Å². The van der Waals surface area contributed by atoms with Gasteiger partial charge in [0.25, 0.3) is 0 Å². The molecule has 0 aliphatic rings. The molecule has 0 fully saturated rings. The van der Waals surface area contributed by atoms with Crippen LogP contribution in [0.2, 0.25) is 0 Å². The fourth-order valence-corrected chi connectivity index (χ4v) is 2.65. The van der Waals surface area contributed by atoms with Crippen molar-refractivity contribution in [3.05, 3.63) is 21.9 Å². The van der Waals surface area contributed by atoms with Gasteiger partial charge in [-0.2, -0.15) is 0 Å². The Hall–Kier alpha value is -0.720. The van der Waals surface area contributed by atoms with Crippen molar-refractivity contribution in [1.82, 2.24) is 4.72 Å². The molecule has 0 unspecified atom stereocenters. The highest BCUT2D eigenvalue weighted by molar-refractivity contribution is 7.89. The highest BCUT2D eigenvalue weighted by atomic mass is 32.2. The standard InChI is InChI=1S/C10H15NO3S2/c1-3-16(13,14)11-7-6-9-4-5-10(15-9)8(2)12/h4-5,11H,3,6-7H2,1-2H3. The van der Waals surface area contributed by atoms with Crippen molar-refractivity contribution in [3.63, 3.8) is 0 Å². The zero-order chi connectivity index (χ0) is 12.2.